The molecule has 8 heteroatoms. The average Bonchev–Trinajstić information content (AvgIpc) is 3.23. The van der Waals surface area contributed by atoms with Crippen LogP contribution < -0.4 is 5.56 Å². The van der Waals surface area contributed by atoms with Crippen LogP contribution in [0.15, 0.2) is 59.4 Å². The molecule has 2 aromatic carbocycles. The topological polar surface area (TPSA) is 98.5 Å². The van der Waals surface area contributed by atoms with Gasteiger partial charge in [0.05, 0.1) is 29.0 Å². The molecule has 174 valence electrons. The maximum absolute atomic E-state index is 13.8. The average molecular weight is 487 g/mol. The van der Waals surface area contributed by atoms with Crippen molar-refractivity contribution in [3.8, 4) is 11.4 Å². The van der Waals surface area contributed by atoms with E-state index >= 15 is 0 Å². The first kappa shape index (κ1) is 21.7. The number of hydrogen-bond donors (Lipinski definition) is 1. The Kier molecular flexibility index (Phi) is 4.71. The third-order valence-electron chi connectivity index (χ3n) is 6.93. The molecule has 6 rings (SSSR count). The van der Waals surface area contributed by atoms with Crippen LogP contribution in [0.2, 0.25) is 5.02 Å². The highest BCUT2D eigenvalue weighted by molar-refractivity contribution is 6.30. The maximum atomic E-state index is 13.8. The highest BCUT2D eigenvalue weighted by atomic mass is 35.5. The summed E-state index contributed by atoms with van der Waals surface area (Å²) in [5.74, 6) is -0.981. The summed E-state index contributed by atoms with van der Waals surface area (Å²) in [6, 6.07) is 15.6. The Bertz CT molecular complexity index is 1640. The Balaban J connectivity index is 1.64. The van der Waals surface area contributed by atoms with Crippen LogP contribution in [0.4, 0.5) is 0 Å². The van der Waals surface area contributed by atoms with E-state index < -0.39 is 11.6 Å². The maximum Gasteiger partial charge on any atom is 0.343 e. The zero-order valence-corrected chi connectivity index (χ0v) is 19.4. The lowest BCUT2D eigenvalue weighted by molar-refractivity contribution is -0.172. The molecular weight excluding hydrogens is 468 g/mol. The number of carbonyl (C=O) groups is 2. The van der Waals surface area contributed by atoms with Crippen molar-refractivity contribution < 1.29 is 19.4 Å². The molecule has 4 aromatic rings. The lowest BCUT2D eigenvalue weighted by Gasteiger charge is -2.31. The number of aromatic nitrogens is 2. The summed E-state index contributed by atoms with van der Waals surface area (Å²) in [6.45, 7) is 1.59. The van der Waals surface area contributed by atoms with Crippen molar-refractivity contribution in [2.24, 2.45) is 0 Å². The molecule has 4 heterocycles. The van der Waals surface area contributed by atoms with E-state index in [2.05, 4.69) is 0 Å². The monoisotopic (exact) mass is 486 g/mol. The molecule has 0 aliphatic carbocycles. The Hall–Kier alpha value is -3.81. The van der Waals surface area contributed by atoms with Crippen molar-refractivity contribution in [1.82, 2.24) is 9.55 Å². The van der Waals surface area contributed by atoms with Crippen LogP contribution >= 0.6 is 11.6 Å². The van der Waals surface area contributed by atoms with Crippen molar-refractivity contribution in [3.05, 3.63) is 97.8 Å². The highest BCUT2D eigenvalue weighted by Gasteiger charge is 2.45. The number of benzene rings is 2. The Labute approximate surface area is 204 Å². The van der Waals surface area contributed by atoms with Crippen molar-refractivity contribution in [2.45, 2.75) is 32.1 Å². The van der Waals surface area contributed by atoms with Gasteiger partial charge in [0, 0.05) is 32.7 Å². The number of pyridine rings is 2. The number of hydrogen-bond acceptors (Lipinski definition) is 6. The molecule has 2 aliphatic rings. The number of carbonyl (C=O) groups excluding carboxylic acids is 2. The molecule has 0 bridgehead atoms. The van der Waals surface area contributed by atoms with Gasteiger partial charge in [-0.2, -0.15) is 0 Å². The fourth-order valence-corrected chi connectivity index (χ4v) is 5.16. The summed E-state index contributed by atoms with van der Waals surface area (Å²) >= 11 is 6.02. The second-order valence-electron chi connectivity index (χ2n) is 8.77. The molecule has 0 unspecified atom stereocenters. The van der Waals surface area contributed by atoms with Gasteiger partial charge < -0.3 is 14.4 Å². The van der Waals surface area contributed by atoms with E-state index in [0.717, 1.165) is 0 Å². The summed E-state index contributed by atoms with van der Waals surface area (Å²) in [6.07, 6.45) is 0.0556. The number of fused-ring (bicyclic) bond motifs is 5. The van der Waals surface area contributed by atoms with Gasteiger partial charge in [-0.05, 0) is 42.8 Å². The summed E-state index contributed by atoms with van der Waals surface area (Å²) < 4.78 is 6.67. The van der Waals surface area contributed by atoms with E-state index in [1.807, 2.05) is 24.3 Å². The summed E-state index contributed by atoms with van der Waals surface area (Å²) in [4.78, 5) is 44.5. The standard InChI is InChI=1S/C27H19ClN2O5/c1-2-27(34)19-11-21-23-17(12-30(21)25(32)18(19)13-35-26(27)33)22(16-5-3-4-6-20(16)29-23)24(31)14-7-9-15(28)10-8-14/h3-11,34H,2,12-13H2,1H3/t27-/m0/s1. The molecule has 2 aromatic heterocycles. The molecule has 0 saturated heterocycles. The van der Waals surface area contributed by atoms with Crippen LogP contribution in [-0.4, -0.2) is 26.4 Å². The van der Waals surface area contributed by atoms with E-state index in [1.54, 1.807) is 37.3 Å². The number of rotatable bonds is 3. The molecule has 0 fully saturated rings. The van der Waals surface area contributed by atoms with Gasteiger partial charge in [0.15, 0.2) is 11.4 Å². The molecule has 0 spiro atoms. The number of halogens is 1. The van der Waals surface area contributed by atoms with Gasteiger partial charge in [0.1, 0.15) is 6.61 Å². The van der Waals surface area contributed by atoms with Gasteiger partial charge in [0.25, 0.3) is 5.56 Å². The number of aliphatic hydroxyl groups is 1. The van der Waals surface area contributed by atoms with E-state index in [-0.39, 0.29) is 42.0 Å². The van der Waals surface area contributed by atoms with Crippen molar-refractivity contribution in [3.63, 3.8) is 0 Å². The van der Waals surface area contributed by atoms with Crippen molar-refractivity contribution >= 4 is 34.3 Å². The van der Waals surface area contributed by atoms with Crippen LogP contribution in [0.3, 0.4) is 0 Å². The minimum absolute atomic E-state index is 0.0556. The lowest BCUT2D eigenvalue weighted by atomic mass is 9.86. The van der Waals surface area contributed by atoms with Gasteiger partial charge in [-0.15, -0.1) is 0 Å². The Morgan fingerprint density at radius 1 is 1.14 bits per heavy atom. The largest absolute Gasteiger partial charge is 0.458 e. The van der Waals surface area contributed by atoms with Crippen LogP contribution in [-0.2, 0) is 28.3 Å². The van der Waals surface area contributed by atoms with Crippen molar-refractivity contribution in [1.29, 1.82) is 0 Å². The number of cyclic esters (lactones) is 1. The number of nitrogens with zero attached hydrogens (tertiary/aromatic N) is 2. The van der Waals surface area contributed by atoms with Gasteiger partial charge in [-0.1, -0.05) is 36.7 Å². The fourth-order valence-electron chi connectivity index (χ4n) is 5.03. The quantitative estimate of drug-likeness (QED) is 0.306. The number of para-hydroxylation sites is 1. The molecular formula is C27H19ClN2O5. The minimum Gasteiger partial charge on any atom is -0.458 e. The highest BCUT2D eigenvalue weighted by Crippen LogP contribution is 2.40. The second-order valence-corrected chi connectivity index (χ2v) is 9.21. The van der Waals surface area contributed by atoms with E-state index in [9.17, 15) is 19.5 Å². The summed E-state index contributed by atoms with van der Waals surface area (Å²) in [5, 5.41) is 12.3. The Morgan fingerprint density at radius 3 is 2.63 bits per heavy atom. The molecule has 7 nitrogen and oxygen atoms in total. The van der Waals surface area contributed by atoms with Gasteiger partial charge in [-0.3, -0.25) is 9.59 Å². The number of esters is 1. The normalized spacial score (nSPS) is 18.1. The smallest absolute Gasteiger partial charge is 0.343 e. The third kappa shape index (κ3) is 3.02. The van der Waals surface area contributed by atoms with Crippen LogP contribution in [0.1, 0.15) is 46.0 Å². The summed E-state index contributed by atoms with van der Waals surface area (Å²) in [7, 11) is 0. The molecule has 2 aliphatic heterocycles. The molecule has 1 N–H and O–H groups in total. The third-order valence-corrected chi connectivity index (χ3v) is 7.18. The minimum atomic E-state index is -1.91. The zero-order valence-electron chi connectivity index (χ0n) is 18.7. The number of ketones is 1. The van der Waals surface area contributed by atoms with Crippen LogP contribution in [0.5, 0.6) is 0 Å². The van der Waals surface area contributed by atoms with E-state index in [0.29, 0.717) is 44.0 Å². The van der Waals surface area contributed by atoms with Crippen LogP contribution in [0, 0.1) is 0 Å². The fraction of sp³-hybridized carbons (Fsp3) is 0.185. The van der Waals surface area contributed by atoms with Gasteiger partial charge >= 0.3 is 5.97 Å². The molecule has 0 amide bonds. The first-order valence-electron chi connectivity index (χ1n) is 11.2. The first-order chi connectivity index (χ1) is 16.8. The molecule has 0 radical (unpaired) electrons. The first-order valence-corrected chi connectivity index (χ1v) is 11.6. The lowest BCUT2D eigenvalue weighted by Crippen LogP contribution is -2.44. The van der Waals surface area contributed by atoms with E-state index in [4.69, 9.17) is 21.3 Å². The SMILES string of the molecule is CC[C@@]1(O)C(=O)OCc2c1cc1n(c2=O)Cc2c-1nc1ccccc1c2C(=O)c1ccc(Cl)cc1. The summed E-state index contributed by atoms with van der Waals surface area (Å²) in [5.41, 5.74) is 1.29. The van der Waals surface area contributed by atoms with Gasteiger partial charge in [-0.25, -0.2) is 9.78 Å². The predicted octanol–water partition coefficient (Wildman–Crippen LogP) is 3.96. The molecule has 1 atom stereocenters. The molecule has 35 heavy (non-hydrogen) atoms. The second kappa shape index (κ2) is 7.60. The van der Waals surface area contributed by atoms with Crippen LogP contribution in [0.25, 0.3) is 22.3 Å². The molecule has 0 saturated carbocycles. The zero-order chi connectivity index (χ0) is 24.5. The van der Waals surface area contributed by atoms with E-state index in [1.165, 1.54) is 4.57 Å². The van der Waals surface area contributed by atoms with Gasteiger partial charge in [0.2, 0.25) is 0 Å². The Morgan fingerprint density at radius 2 is 1.89 bits per heavy atom. The number of ether oxygens (including phenoxy) is 1. The predicted molar refractivity (Wildman–Crippen MR) is 129 cm³/mol. The van der Waals surface area contributed by atoms with Crippen molar-refractivity contribution in [2.75, 3.05) is 0 Å².